The van der Waals surface area contributed by atoms with Gasteiger partial charge in [0.1, 0.15) is 6.04 Å². The Labute approximate surface area is 224 Å². The molecule has 216 valence electrons. The van der Waals surface area contributed by atoms with Crippen LogP contribution in [0, 0.1) is 11.8 Å². The number of nitrogens with one attached hydrogen (secondary N) is 2. The second-order valence-electron chi connectivity index (χ2n) is 9.58. The van der Waals surface area contributed by atoms with Gasteiger partial charge in [0.25, 0.3) is 5.91 Å². The first-order valence-corrected chi connectivity index (χ1v) is 13.4. The lowest BCUT2D eigenvalue weighted by Gasteiger charge is -2.37. The predicted octanol–water partition coefficient (Wildman–Crippen LogP) is 3.89. The van der Waals surface area contributed by atoms with E-state index in [2.05, 4.69) is 15.6 Å². The number of halogens is 3. The molecule has 1 aliphatic heterocycles. The summed E-state index contributed by atoms with van der Waals surface area (Å²) in [6, 6.07) is -2.44. The third kappa shape index (κ3) is 10.5. The van der Waals surface area contributed by atoms with Gasteiger partial charge in [-0.1, -0.05) is 13.8 Å². The van der Waals surface area contributed by atoms with E-state index < -0.39 is 61.2 Å². The Morgan fingerprint density at radius 3 is 2.55 bits per heavy atom. The van der Waals surface area contributed by atoms with Crippen molar-refractivity contribution in [2.24, 2.45) is 11.8 Å². The van der Waals surface area contributed by atoms with Gasteiger partial charge in [0.05, 0.1) is 18.1 Å². The van der Waals surface area contributed by atoms with Crippen molar-refractivity contribution in [2.45, 2.75) is 90.0 Å². The number of hydroxylamine groups is 2. The molecule has 0 radical (unpaired) electrons. The number of ether oxygens (including phenoxy) is 2. The van der Waals surface area contributed by atoms with E-state index in [0.717, 1.165) is 17.9 Å². The highest BCUT2D eigenvalue weighted by Gasteiger charge is 2.40. The lowest BCUT2D eigenvalue weighted by atomic mass is 9.86. The third-order valence-electron chi connectivity index (χ3n) is 6.14. The zero-order valence-corrected chi connectivity index (χ0v) is 22.8. The largest absolute Gasteiger partial charge is 0.389 e. The van der Waals surface area contributed by atoms with Crippen LogP contribution in [0.5, 0.6) is 0 Å². The van der Waals surface area contributed by atoms with Gasteiger partial charge in [0.2, 0.25) is 12.3 Å². The number of carbonyl (C=O) groups excluding carboxylic acids is 3. The van der Waals surface area contributed by atoms with Gasteiger partial charge in [-0.05, 0) is 38.5 Å². The van der Waals surface area contributed by atoms with Gasteiger partial charge in [-0.15, -0.1) is 11.3 Å². The van der Waals surface area contributed by atoms with Crippen LogP contribution in [0.4, 0.5) is 18.3 Å². The van der Waals surface area contributed by atoms with Crippen molar-refractivity contribution in [3.63, 3.8) is 0 Å². The molecule has 1 fully saturated rings. The summed E-state index contributed by atoms with van der Waals surface area (Å²) in [4.78, 5) is 48.3. The molecule has 2 rings (SSSR count). The third-order valence-corrected chi connectivity index (χ3v) is 6.83. The highest BCUT2D eigenvalue weighted by Crippen LogP contribution is 2.30. The molecule has 14 heteroatoms. The van der Waals surface area contributed by atoms with Crippen molar-refractivity contribution in [3.8, 4) is 0 Å². The molecule has 2 heterocycles. The Balaban J connectivity index is 2.33. The number of hydrogen-bond donors (Lipinski definition) is 2. The second kappa shape index (κ2) is 15.3. The fourth-order valence-corrected chi connectivity index (χ4v) is 4.67. The maximum atomic E-state index is 13.6. The zero-order valence-electron chi connectivity index (χ0n) is 22.0. The summed E-state index contributed by atoms with van der Waals surface area (Å²) in [5, 5.41) is 7.99. The van der Waals surface area contributed by atoms with Crippen LogP contribution in [-0.2, 0) is 28.7 Å². The summed E-state index contributed by atoms with van der Waals surface area (Å²) in [5.41, 5.74) is 0. The number of carbonyl (C=O) groups is 3. The van der Waals surface area contributed by atoms with Gasteiger partial charge >= 0.3 is 6.18 Å². The molecule has 0 aliphatic carbocycles. The first-order valence-electron chi connectivity index (χ1n) is 12.6. The van der Waals surface area contributed by atoms with E-state index in [1.807, 2.05) is 13.8 Å². The summed E-state index contributed by atoms with van der Waals surface area (Å²) in [7, 11) is 1.37. The van der Waals surface area contributed by atoms with Crippen molar-refractivity contribution in [3.05, 3.63) is 11.6 Å². The number of aromatic nitrogens is 1. The minimum Gasteiger partial charge on any atom is -0.379 e. The van der Waals surface area contributed by atoms with Gasteiger partial charge in [-0.25, -0.2) is 14.9 Å². The normalized spacial score (nSPS) is 19.3. The Kier molecular flexibility index (Phi) is 12.9. The van der Waals surface area contributed by atoms with Crippen LogP contribution in [0.1, 0.15) is 59.3 Å². The summed E-state index contributed by atoms with van der Waals surface area (Å²) in [6.45, 7) is 5.58. The van der Waals surface area contributed by atoms with E-state index in [1.165, 1.54) is 24.6 Å². The molecule has 1 saturated heterocycles. The van der Waals surface area contributed by atoms with Gasteiger partial charge in [-0.3, -0.25) is 14.4 Å². The fourth-order valence-electron chi connectivity index (χ4n) is 4.14. The van der Waals surface area contributed by atoms with Crippen LogP contribution in [0.3, 0.4) is 0 Å². The van der Waals surface area contributed by atoms with Crippen molar-refractivity contribution >= 4 is 34.7 Å². The van der Waals surface area contributed by atoms with E-state index in [9.17, 15) is 27.6 Å². The zero-order chi connectivity index (χ0) is 28.3. The first kappa shape index (κ1) is 31.9. The molecule has 1 aromatic rings. The van der Waals surface area contributed by atoms with E-state index in [1.54, 1.807) is 12.3 Å². The van der Waals surface area contributed by atoms with Crippen molar-refractivity contribution in [2.75, 3.05) is 19.0 Å². The van der Waals surface area contributed by atoms with Gasteiger partial charge in [-0.2, -0.15) is 13.2 Å². The van der Waals surface area contributed by atoms with Crippen LogP contribution < -0.4 is 10.6 Å². The van der Waals surface area contributed by atoms with Gasteiger partial charge < -0.3 is 20.1 Å². The van der Waals surface area contributed by atoms with Gasteiger partial charge in [0, 0.05) is 38.1 Å². The fraction of sp³-hybridized carbons (Fsp3) is 0.750. The Hall–Kier alpha value is -2.29. The smallest absolute Gasteiger partial charge is 0.379 e. The molecular weight excluding hydrogens is 529 g/mol. The summed E-state index contributed by atoms with van der Waals surface area (Å²) >= 11 is 1.18. The highest BCUT2D eigenvalue weighted by atomic mass is 32.1. The number of hydrogen-bond acceptors (Lipinski definition) is 8. The molecule has 10 nitrogen and oxygen atoms in total. The van der Waals surface area contributed by atoms with Gasteiger partial charge in [0.15, 0.2) is 11.4 Å². The molecule has 3 amide bonds. The average Bonchev–Trinajstić information content (AvgIpc) is 3.37. The summed E-state index contributed by atoms with van der Waals surface area (Å²) in [6.07, 6.45) is -3.96. The number of anilines is 1. The van der Waals surface area contributed by atoms with Crippen molar-refractivity contribution in [1.29, 1.82) is 0 Å². The van der Waals surface area contributed by atoms with Crippen molar-refractivity contribution in [1.82, 2.24) is 15.4 Å². The van der Waals surface area contributed by atoms with Crippen molar-refractivity contribution < 1.29 is 41.9 Å². The number of rotatable bonds is 15. The summed E-state index contributed by atoms with van der Waals surface area (Å²) in [5.74, 6) is -2.54. The molecule has 38 heavy (non-hydrogen) atoms. The van der Waals surface area contributed by atoms with Crippen LogP contribution in [-0.4, -0.2) is 72.6 Å². The monoisotopic (exact) mass is 566 g/mol. The SMILES string of the molecule is CO[C@H](C)[C@H](NC(=O)[C@H](CC(C)C)[C@H](CCC(F)(F)F)N(C=O)OC1CCCCO1)C(=O)Nc1nccs1. The topological polar surface area (TPSA) is 119 Å². The van der Waals surface area contributed by atoms with Crippen LogP contribution in [0.25, 0.3) is 0 Å². The van der Waals surface area contributed by atoms with Crippen LogP contribution in [0.15, 0.2) is 11.6 Å². The van der Waals surface area contributed by atoms with Crippen LogP contribution >= 0.6 is 11.3 Å². The molecular formula is C24H37F3N4O6S. The molecule has 0 bridgehead atoms. The number of nitrogens with zero attached hydrogens (tertiary/aromatic N) is 2. The number of amides is 3. The molecule has 5 atom stereocenters. The van der Waals surface area contributed by atoms with E-state index in [4.69, 9.17) is 14.3 Å². The Morgan fingerprint density at radius 1 is 1.29 bits per heavy atom. The maximum absolute atomic E-state index is 13.6. The highest BCUT2D eigenvalue weighted by molar-refractivity contribution is 7.13. The Bertz CT molecular complexity index is 868. The quantitative estimate of drug-likeness (QED) is 0.244. The van der Waals surface area contributed by atoms with E-state index in [-0.39, 0.29) is 18.7 Å². The second-order valence-corrected chi connectivity index (χ2v) is 10.5. The predicted molar refractivity (Wildman–Crippen MR) is 134 cm³/mol. The molecule has 1 aromatic heterocycles. The lowest BCUT2D eigenvalue weighted by Crippen LogP contribution is -2.55. The molecule has 1 aliphatic rings. The maximum Gasteiger partial charge on any atom is 0.389 e. The number of thiazole rings is 1. The minimum absolute atomic E-state index is 0.124. The lowest BCUT2D eigenvalue weighted by molar-refractivity contribution is -0.291. The minimum atomic E-state index is -4.52. The van der Waals surface area contributed by atoms with Crippen LogP contribution in [0.2, 0.25) is 0 Å². The van der Waals surface area contributed by atoms with E-state index >= 15 is 0 Å². The molecule has 0 spiro atoms. The molecule has 1 unspecified atom stereocenters. The van der Waals surface area contributed by atoms with E-state index in [0.29, 0.717) is 18.2 Å². The standard InChI is InChI=1S/C24H37F3N4O6S/c1-15(2)13-17(21(33)29-20(16(3)35-4)22(34)30-23-28-10-12-38-23)18(8-9-24(25,26)27)31(14-32)37-19-7-5-6-11-36-19/h10,12,14-20H,5-9,11,13H2,1-4H3,(H,29,33)(H,28,30,34)/t16-,17-,18+,19?,20+/m1/s1. The number of alkyl halides is 3. The number of methoxy groups -OCH3 is 1. The Morgan fingerprint density at radius 2 is 2.03 bits per heavy atom. The molecule has 0 saturated carbocycles. The first-order chi connectivity index (χ1) is 17.9. The molecule has 2 N–H and O–H groups in total. The summed E-state index contributed by atoms with van der Waals surface area (Å²) < 4.78 is 50.6. The average molecular weight is 567 g/mol. The molecule has 0 aromatic carbocycles.